The van der Waals surface area contributed by atoms with Crippen LogP contribution in [0.25, 0.3) is 0 Å². The van der Waals surface area contributed by atoms with Gasteiger partial charge in [0.1, 0.15) is 6.04 Å². The molecule has 2 aromatic carbocycles. The molecule has 0 aliphatic rings. The molecule has 120 valence electrons. The molecule has 0 saturated heterocycles. The standard InChI is InChI=1S/C17H17NO4S/c18-14(15(19)20)11-23-17(16(21)22,12-7-3-1-4-8-12)13-9-5-2-6-10-13/h1-10,14H,11,18H2,(H,19,20)(H,21,22)/t14-/m0/s1. The molecule has 0 bridgehead atoms. The summed E-state index contributed by atoms with van der Waals surface area (Å²) in [5, 5.41) is 18.9. The number of carboxylic acid groups (broad SMARTS) is 2. The first kappa shape index (κ1) is 17.1. The maximum Gasteiger partial charge on any atom is 0.328 e. The summed E-state index contributed by atoms with van der Waals surface area (Å²) in [5.74, 6) is -2.23. The van der Waals surface area contributed by atoms with Gasteiger partial charge in [-0.25, -0.2) is 4.79 Å². The third-order valence-corrected chi connectivity index (χ3v) is 5.06. The second-order valence-corrected chi connectivity index (χ2v) is 6.21. The van der Waals surface area contributed by atoms with E-state index in [9.17, 15) is 14.7 Å². The molecule has 0 amide bonds. The molecule has 1 atom stereocenters. The largest absolute Gasteiger partial charge is 0.480 e. The van der Waals surface area contributed by atoms with Gasteiger partial charge in [0, 0.05) is 5.75 Å². The van der Waals surface area contributed by atoms with Crippen LogP contribution in [0.3, 0.4) is 0 Å². The summed E-state index contributed by atoms with van der Waals surface area (Å²) < 4.78 is -1.41. The molecular weight excluding hydrogens is 314 g/mol. The van der Waals surface area contributed by atoms with Crippen LogP contribution in [0, 0.1) is 0 Å². The molecule has 6 heteroatoms. The summed E-state index contributed by atoms with van der Waals surface area (Å²) >= 11 is 1.01. The highest BCUT2D eigenvalue weighted by Gasteiger charge is 2.43. The minimum atomic E-state index is -1.41. The van der Waals surface area contributed by atoms with Crippen molar-refractivity contribution < 1.29 is 19.8 Å². The van der Waals surface area contributed by atoms with Crippen molar-refractivity contribution in [3.63, 3.8) is 0 Å². The number of thioether (sulfide) groups is 1. The number of carboxylic acids is 2. The van der Waals surface area contributed by atoms with E-state index >= 15 is 0 Å². The molecule has 2 aromatic rings. The molecule has 0 heterocycles. The number of rotatable bonds is 7. The molecule has 5 nitrogen and oxygen atoms in total. The highest BCUT2D eigenvalue weighted by atomic mass is 32.2. The SMILES string of the molecule is N[C@@H](CSC(C(=O)O)(c1ccccc1)c1ccccc1)C(=O)O. The first-order valence-electron chi connectivity index (χ1n) is 6.95. The molecule has 0 aliphatic carbocycles. The molecule has 0 saturated carbocycles. The zero-order valence-electron chi connectivity index (χ0n) is 12.3. The lowest BCUT2D eigenvalue weighted by atomic mass is 9.90. The van der Waals surface area contributed by atoms with Crippen molar-refractivity contribution >= 4 is 23.7 Å². The molecule has 23 heavy (non-hydrogen) atoms. The third kappa shape index (κ3) is 3.55. The second-order valence-electron chi connectivity index (χ2n) is 4.97. The topological polar surface area (TPSA) is 101 Å². The van der Waals surface area contributed by atoms with Crippen LogP contribution in [0.4, 0.5) is 0 Å². The van der Waals surface area contributed by atoms with Crippen LogP contribution in [-0.2, 0) is 14.3 Å². The van der Waals surface area contributed by atoms with Crippen LogP contribution in [0.15, 0.2) is 60.7 Å². The van der Waals surface area contributed by atoms with Gasteiger partial charge in [-0.15, -0.1) is 11.8 Å². The van der Waals surface area contributed by atoms with Crippen molar-refractivity contribution in [1.82, 2.24) is 0 Å². The summed E-state index contributed by atoms with van der Waals surface area (Å²) in [5.41, 5.74) is 6.71. The Morgan fingerprint density at radius 2 is 1.39 bits per heavy atom. The summed E-state index contributed by atoms with van der Waals surface area (Å²) in [6.07, 6.45) is 0. The number of carbonyl (C=O) groups is 2. The first-order chi connectivity index (χ1) is 11.0. The van der Waals surface area contributed by atoms with Crippen molar-refractivity contribution in [1.29, 1.82) is 0 Å². The van der Waals surface area contributed by atoms with Crippen molar-refractivity contribution in [3.8, 4) is 0 Å². The lowest BCUT2D eigenvalue weighted by Crippen LogP contribution is -2.39. The van der Waals surface area contributed by atoms with E-state index in [0.29, 0.717) is 11.1 Å². The molecule has 0 fully saturated rings. The Balaban J connectivity index is 2.52. The highest BCUT2D eigenvalue weighted by Crippen LogP contribution is 2.43. The predicted molar refractivity (Wildman–Crippen MR) is 89.4 cm³/mol. The summed E-state index contributed by atoms with van der Waals surface area (Å²) in [4.78, 5) is 23.2. The van der Waals surface area contributed by atoms with Gasteiger partial charge in [-0.05, 0) is 11.1 Å². The van der Waals surface area contributed by atoms with Gasteiger partial charge in [0.15, 0.2) is 4.75 Å². The predicted octanol–water partition coefficient (Wildman–Crippen LogP) is 2.16. The minimum absolute atomic E-state index is 0.0224. The molecule has 2 rings (SSSR count). The maximum absolute atomic E-state index is 12.2. The van der Waals surface area contributed by atoms with Crippen molar-refractivity contribution in [2.75, 3.05) is 5.75 Å². The Morgan fingerprint density at radius 3 is 1.74 bits per heavy atom. The molecule has 0 aromatic heterocycles. The van der Waals surface area contributed by atoms with Crippen LogP contribution < -0.4 is 5.73 Å². The quantitative estimate of drug-likeness (QED) is 0.719. The lowest BCUT2D eigenvalue weighted by Gasteiger charge is -2.30. The molecule has 4 N–H and O–H groups in total. The average Bonchev–Trinajstić information content (AvgIpc) is 2.56. The lowest BCUT2D eigenvalue weighted by molar-refractivity contribution is -0.139. The zero-order chi connectivity index (χ0) is 16.9. The first-order valence-corrected chi connectivity index (χ1v) is 7.94. The number of aliphatic carboxylic acids is 2. The Morgan fingerprint density at radius 1 is 0.957 bits per heavy atom. The van der Waals surface area contributed by atoms with E-state index in [2.05, 4.69) is 0 Å². The van der Waals surface area contributed by atoms with Gasteiger partial charge in [0.25, 0.3) is 0 Å². The normalized spacial score (nSPS) is 12.6. The van der Waals surface area contributed by atoms with Gasteiger partial charge in [0.2, 0.25) is 0 Å². The Hall–Kier alpha value is -2.31. The van der Waals surface area contributed by atoms with E-state index in [1.165, 1.54) is 0 Å². The van der Waals surface area contributed by atoms with Crippen LogP contribution in [0.2, 0.25) is 0 Å². The molecule has 0 unspecified atom stereocenters. The van der Waals surface area contributed by atoms with Crippen molar-refractivity contribution in [2.24, 2.45) is 5.73 Å². The molecular formula is C17H17NO4S. The van der Waals surface area contributed by atoms with Gasteiger partial charge < -0.3 is 15.9 Å². The van der Waals surface area contributed by atoms with E-state index in [1.54, 1.807) is 60.7 Å². The number of hydrogen-bond acceptors (Lipinski definition) is 4. The number of nitrogens with two attached hydrogens (primary N) is 1. The zero-order valence-corrected chi connectivity index (χ0v) is 13.1. The van der Waals surface area contributed by atoms with Crippen molar-refractivity contribution in [3.05, 3.63) is 71.8 Å². The smallest absolute Gasteiger partial charge is 0.328 e. The fraction of sp³-hybridized carbons (Fsp3) is 0.176. The van der Waals surface area contributed by atoms with E-state index in [4.69, 9.17) is 10.8 Å². The minimum Gasteiger partial charge on any atom is -0.480 e. The Labute approximate surface area is 138 Å². The number of hydrogen-bond donors (Lipinski definition) is 3. The Kier molecular flexibility index (Phi) is 5.41. The van der Waals surface area contributed by atoms with Crippen LogP contribution in [0.5, 0.6) is 0 Å². The van der Waals surface area contributed by atoms with E-state index < -0.39 is 22.7 Å². The summed E-state index contributed by atoms with van der Waals surface area (Å²) in [6.45, 7) is 0. The summed E-state index contributed by atoms with van der Waals surface area (Å²) in [7, 11) is 0. The number of benzene rings is 2. The van der Waals surface area contributed by atoms with Crippen LogP contribution >= 0.6 is 11.8 Å². The van der Waals surface area contributed by atoms with E-state index in [1.807, 2.05) is 0 Å². The van der Waals surface area contributed by atoms with Gasteiger partial charge in [-0.1, -0.05) is 60.7 Å². The van der Waals surface area contributed by atoms with Gasteiger partial charge in [0.05, 0.1) is 0 Å². The van der Waals surface area contributed by atoms with Gasteiger partial charge >= 0.3 is 11.9 Å². The average molecular weight is 331 g/mol. The fourth-order valence-corrected chi connectivity index (χ4v) is 3.57. The molecule has 0 spiro atoms. The van der Waals surface area contributed by atoms with Crippen LogP contribution in [0.1, 0.15) is 11.1 Å². The molecule has 0 radical (unpaired) electrons. The van der Waals surface area contributed by atoms with E-state index in [-0.39, 0.29) is 5.75 Å². The van der Waals surface area contributed by atoms with Crippen molar-refractivity contribution in [2.45, 2.75) is 10.8 Å². The fourth-order valence-electron chi connectivity index (χ4n) is 2.27. The van der Waals surface area contributed by atoms with Gasteiger partial charge in [-0.2, -0.15) is 0 Å². The highest BCUT2D eigenvalue weighted by molar-refractivity contribution is 8.01. The third-order valence-electron chi connectivity index (χ3n) is 3.46. The van der Waals surface area contributed by atoms with Crippen LogP contribution in [-0.4, -0.2) is 33.9 Å². The second kappa shape index (κ2) is 7.30. The monoisotopic (exact) mass is 331 g/mol. The Bertz CT molecular complexity index is 636. The summed E-state index contributed by atoms with van der Waals surface area (Å²) in [6, 6.07) is 16.4. The van der Waals surface area contributed by atoms with Gasteiger partial charge in [-0.3, -0.25) is 4.79 Å². The molecule has 0 aliphatic heterocycles. The van der Waals surface area contributed by atoms with E-state index in [0.717, 1.165) is 11.8 Å². The maximum atomic E-state index is 12.2.